The minimum atomic E-state index is -0.630. The highest BCUT2D eigenvalue weighted by Gasteiger charge is 2.16. The van der Waals surface area contributed by atoms with E-state index in [1.165, 1.54) is 19.1 Å². The Balaban J connectivity index is 1.91. The number of nitrogens with zero attached hydrogens (tertiary/aromatic N) is 2. The highest BCUT2D eigenvalue weighted by atomic mass is 35.5. The molecule has 0 radical (unpaired) electrons. The molecule has 1 amide bonds. The summed E-state index contributed by atoms with van der Waals surface area (Å²) in [5.74, 6) is -1.22. The Morgan fingerprint density at radius 1 is 0.933 bits per heavy atom. The van der Waals surface area contributed by atoms with Crippen LogP contribution in [-0.4, -0.2) is 16.8 Å². The second kappa shape index (κ2) is 9.62. The van der Waals surface area contributed by atoms with E-state index in [2.05, 4.69) is 15.5 Å². The first-order valence-corrected chi connectivity index (χ1v) is 9.41. The van der Waals surface area contributed by atoms with Gasteiger partial charge in [-0.05, 0) is 37.3 Å². The van der Waals surface area contributed by atoms with Gasteiger partial charge in [-0.15, -0.1) is 10.2 Å². The van der Waals surface area contributed by atoms with Crippen LogP contribution in [-0.2, 0) is 4.79 Å². The summed E-state index contributed by atoms with van der Waals surface area (Å²) >= 11 is 6.06. The standard InChI is InChI=1S/C23H18ClN3O3/c1-15(28)21(23(30)25-18-10-6-3-7-11-18)27-26-20-13-12-17(24)14-19(20)22(29)16-8-4-2-5-9-16/h2-14,28H,1H3,(H,25,30)/b21-15+,27-26?. The van der Waals surface area contributed by atoms with Gasteiger partial charge in [-0.2, -0.15) is 0 Å². The number of ketones is 1. The van der Waals surface area contributed by atoms with Crippen molar-refractivity contribution in [2.75, 3.05) is 5.32 Å². The molecule has 3 aromatic carbocycles. The molecular formula is C23H18ClN3O3. The molecule has 0 aliphatic heterocycles. The van der Waals surface area contributed by atoms with E-state index in [1.54, 1.807) is 54.6 Å². The molecule has 7 heteroatoms. The summed E-state index contributed by atoms with van der Waals surface area (Å²) in [6.07, 6.45) is 0. The maximum absolute atomic E-state index is 12.9. The summed E-state index contributed by atoms with van der Waals surface area (Å²) in [6.45, 7) is 1.33. The van der Waals surface area contributed by atoms with E-state index < -0.39 is 5.91 Å². The number of nitrogens with one attached hydrogen (secondary N) is 1. The van der Waals surface area contributed by atoms with Crippen LogP contribution in [0, 0.1) is 0 Å². The number of halogens is 1. The van der Waals surface area contributed by atoms with Gasteiger partial charge in [-0.1, -0.05) is 60.1 Å². The lowest BCUT2D eigenvalue weighted by Gasteiger charge is -2.07. The van der Waals surface area contributed by atoms with Crippen LogP contribution in [0.5, 0.6) is 0 Å². The van der Waals surface area contributed by atoms with Gasteiger partial charge in [0.1, 0.15) is 5.76 Å². The molecule has 3 aromatic rings. The molecule has 150 valence electrons. The first-order valence-electron chi connectivity index (χ1n) is 9.03. The molecule has 0 spiro atoms. The maximum Gasteiger partial charge on any atom is 0.279 e. The predicted molar refractivity (Wildman–Crippen MR) is 116 cm³/mol. The second-order valence-corrected chi connectivity index (χ2v) is 6.75. The van der Waals surface area contributed by atoms with E-state index in [-0.39, 0.29) is 28.5 Å². The number of aliphatic hydroxyl groups is 1. The highest BCUT2D eigenvalue weighted by Crippen LogP contribution is 2.27. The molecule has 0 atom stereocenters. The van der Waals surface area contributed by atoms with Gasteiger partial charge < -0.3 is 10.4 Å². The summed E-state index contributed by atoms with van der Waals surface area (Å²) in [6, 6.07) is 22.0. The summed E-state index contributed by atoms with van der Waals surface area (Å²) in [5, 5.41) is 20.9. The smallest absolute Gasteiger partial charge is 0.279 e. The molecule has 2 N–H and O–H groups in total. The average Bonchev–Trinajstić information content (AvgIpc) is 2.75. The molecule has 6 nitrogen and oxygen atoms in total. The second-order valence-electron chi connectivity index (χ2n) is 6.31. The van der Waals surface area contributed by atoms with E-state index in [0.717, 1.165) is 0 Å². The lowest BCUT2D eigenvalue weighted by molar-refractivity contribution is -0.113. The summed E-state index contributed by atoms with van der Waals surface area (Å²) < 4.78 is 0. The van der Waals surface area contributed by atoms with E-state index >= 15 is 0 Å². The van der Waals surface area contributed by atoms with Crippen LogP contribution in [0.1, 0.15) is 22.8 Å². The van der Waals surface area contributed by atoms with Gasteiger partial charge in [-0.25, -0.2) is 0 Å². The molecule has 0 unspecified atom stereocenters. The number of azo groups is 1. The quantitative estimate of drug-likeness (QED) is 0.219. The molecule has 0 aliphatic carbocycles. The fourth-order valence-corrected chi connectivity index (χ4v) is 2.79. The summed E-state index contributed by atoms with van der Waals surface area (Å²) in [7, 11) is 0. The average molecular weight is 420 g/mol. The number of allylic oxidation sites excluding steroid dienone is 1. The number of aliphatic hydroxyl groups excluding tert-OH is 1. The number of anilines is 1. The Bertz CT molecular complexity index is 1120. The van der Waals surface area contributed by atoms with Crippen LogP contribution >= 0.6 is 11.6 Å². The van der Waals surface area contributed by atoms with Gasteiger partial charge in [-0.3, -0.25) is 9.59 Å². The van der Waals surface area contributed by atoms with E-state index in [9.17, 15) is 14.7 Å². The van der Waals surface area contributed by atoms with Gasteiger partial charge in [0.05, 0.1) is 11.3 Å². The van der Waals surface area contributed by atoms with Crippen molar-refractivity contribution in [3.63, 3.8) is 0 Å². The minimum Gasteiger partial charge on any atom is -0.510 e. The first kappa shape index (κ1) is 21.0. The molecule has 0 heterocycles. The van der Waals surface area contributed by atoms with Crippen LogP contribution in [0.4, 0.5) is 11.4 Å². The zero-order valence-corrected chi connectivity index (χ0v) is 16.8. The van der Waals surface area contributed by atoms with Crippen molar-refractivity contribution in [1.29, 1.82) is 0 Å². The number of rotatable bonds is 6. The normalized spacial score (nSPS) is 11.8. The number of carbonyl (C=O) groups excluding carboxylic acids is 2. The third kappa shape index (κ3) is 5.18. The van der Waals surface area contributed by atoms with Crippen molar-refractivity contribution in [1.82, 2.24) is 0 Å². The van der Waals surface area contributed by atoms with Crippen molar-refractivity contribution in [3.8, 4) is 0 Å². The molecule has 0 fully saturated rings. The lowest BCUT2D eigenvalue weighted by Crippen LogP contribution is -2.14. The lowest BCUT2D eigenvalue weighted by atomic mass is 10.0. The highest BCUT2D eigenvalue weighted by molar-refractivity contribution is 6.31. The Hall–Kier alpha value is -3.77. The van der Waals surface area contributed by atoms with Crippen LogP contribution in [0.15, 0.2) is 101 Å². The third-order valence-electron chi connectivity index (χ3n) is 4.09. The maximum atomic E-state index is 12.9. The Kier molecular flexibility index (Phi) is 6.72. The predicted octanol–water partition coefficient (Wildman–Crippen LogP) is 6.08. The van der Waals surface area contributed by atoms with Crippen LogP contribution in [0.25, 0.3) is 0 Å². The number of para-hydroxylation sites is 1. The molecule has 0 bridgehead atoms. The molecule has 0 aromatic heterocycles. The number of hydrogen-bond acceptors (Lipinski definition) is 5. The zero-order valence-electron chi connectivity index (χ0n) is 16.0. The summed E-state index contributed by atoms with van der Waals surface area (Å²) in [5.41, 5.74) is 1.19. The monoisotopic (exact) mass is 419 g/mol. The van der Waals surface area contributed by atoms with Crippen molar-refractivity contribution in [3.05, 3.63) is 106 Å². The number of hydrogen-bond donors (Lipinski definition) is 2. The van der Waals surface area contributed by atoms with Crippen LogP contribution in [0.3, 0.4) is 0 Å². The van der Waals surface area contributed by atoms with Crippen molar-refractivity contribution >= 4 is 34.7 Å². The Morgan fingerprint density at radius 2 is 1.57 bits per heavy atom. The number of amides is 1. The fourth-order valence-electron chi connectivity index (χ4n) is 2.62. The molecule has 0 saturated carbocycles. The van der Waals surface area contributed by atoms with Gasteiger partial charge in [0.2, 0.25) is 0 Å². The van der Waals surface area contributed by atoms with Crippen molar-refractivity contribution in [2.24, 2.45) is 10.2 Å². The number of carbonyl (C=O) groups is 2. The van der Waals surface area contributed by atoms with Crippen LogP contribution in [0.2, 0.25) is 5.02 Å². The van der Waals surface area contributed by atoms with E-state index in [4.69, 9.17) is 11.6 Å². The third-order valence-corrected chi connectivity index (χ3v) is 4.32. The summed E-state index contributed by atoms with van der Waals surface area (Å²) in [4.78, 5) is 25.4. The topological polar surface area (TPSA) is 91.1 Å². The Morgan fingerprint density at radius 3 is 2.20 bits per heavy atom. The Labute approximate surface area is 178 Å². The van der Waals surface area contributed by atoms with Crippen molar-refractivity contribution in [2.45, 2.75) is 6.92 Å². The largest absolute Gasteiger partial charge is 0.510 e. The van der Waals surface area contributed by atoms with E-state index in [0.29, 0.717) is 16.3 Å². The molecule has 30 heavy (non-hydrogen) atoms. The van der Waals surface area contributed by atoms with Gasteiger partial charge in [0.25, 0.3) is 5.91 Å². The first-order chi connectivity index (χ1) is 14.5. The molecule has 0 aliphatic rings. The SMILES string of the molecule is C/C(O)=C(\N=Nc1ccc(Cl)cc1C(=O)c1ccccc1)C(=O)Nc1ccccc1. The molecule has 3 rings (SSSR count). The molecular weight excluding hydrogens is 402 g/mol. The van der Waals surface area contributed by atoms with E-state index in [1.807, 2.05) is 12.1 Å². The zero-order chi connectivity index (χ0) is 21.5. The minimum absolute atomic E-state index is 0.222. The molecule has 0 saturated heterocycles. The van der Waals surface area contributed by atoms with Gasteiger partial charge >= 0.3 is 0 Å². The van der Waals surface area contributed by atoms with Crippen LogP contribution < -0.4 is 5.32 Å². The van der Waals surface area contributed by atoms with Gasteiger partial charge in [0, 0.05) is 16.3 Å². The fraction of sp³-hybridized carbons (Fsp3) is 0.0435. The van der Waals surface area contributed by atoms with Crippen molar-refractivity contribution < 1.29 is 14.7 Å². The number of benzene rings is 3. The van der Waals surface area contributed by atoms with Gasteiger partial charge in [0.15, 0.2) is 11.5 Å².